The van der Waals surface area contributed by atoms with Crippen LogP contribution >= 0.6 is 0 Å². The van der Waals surface area contributed by atoms with Crippen molar-refractivity contribution in [3.8, 4) is 0 Å². The van der Waals surface area contributed by atoms with E-state index in [1.54, 1.807) is 5.56 Å². The molecule has 3 aliphatic heterocycles. The summed E-state index contributed by atoms with van der Waals surface area (Å²) in [7, 11) is 0. The molecule has 2 aromatic rings. The SMILES string of the molecule is Cc1cncc(N2CCC(N3CCC4(CCNc5ccccc54)CC3)CC2)n1. The van der Waals surface area contributed by atoms with Crippen molar-refractivity contribution in [2.75, 3.05) is 42.9 Å². The van der Waals surface area contributed by atoms with Crippen LogP contribution < -0.4 is 10.2 Å². The van der Waals surface area contributed by atoms with Gasteiger partial charge in [-0.05, 0) is 63.7 Å². The van der Waals surface area contributed by atoms with E-state index in [-0.39, 0.29) is 0 Å². The highest BCUT2D eigenvalue weighted by Crippen LogP contribution is 2.45. The third-order valence-electron chi connectivity index (χ3n) is 7.22. The predicted octanol–water partition coefficient (Wildman–Crippen LogP) is 3.60. The molecule has 1 aromatic heterocycles. The number of benzene rings is 1. The van der Waals surface area contributed by atoms with Crippen molar-refractivity contribution < 1.29 is 0 Å². The van der Waals surface area contributed by atoms with Crippen LogP contribution in [0.25, 0.3) is 0 Å². The number of nitrogens with one attached hydrogen (secondary N) is 1. The molecule has 0 amide bonds. The Kier molecular flexibility index (Phi) is 4.71. The van der Waals surface area contributed by atoms with Gasteiger partial charge in [-0.1, -0.05) is 18.2 Å². The van der Waals surface area contributed by atoms with Gasteiger partial charge in [0.1, 0.15) is 5.82 Å². The van der Waals surface area contributed by atoms with Gasteiger partial charge in [-0.15, -0.1) is 0 Å². The highest BCUT2D eigenvalue weighted by atomic mass is 15.2. The molecule has 1 spiro atoms. The highest BCUT2D eigenvalue weighted by molar-refractivity contribution is 5.57. The highest BCUT2D eigenvalue weighted by Gasteiger charge is 2.40. The number of anilines is 2. The second-order valence-electron chi connectivity index (χ2n) is 8.78. The molecule has 28 heavy (non-hydrogen) atoms. The molecule has 0 unspecified atom stereocenters. The van der Waals surface area contributed by atoms with Crippen molar-refractivity contribution in [2.24, 2.45) is 0 Å². The van der Waals surface area contributed by atoms with E-state index in [0.29, 0.717) is 5.41 Å². The number of rotatable bonds is 2. The maximum absolute atomic E-state index is 4.66. The lowest BCUT2D eigenvalue weighted by atomic mass is 9.68. The number of hydrogen-bond donors (Lipinski definition) is 1. The van der Waals surface area contributed by atoms with Crippen molar-refractivity contribution in [1.82, 2.24) is 14.9 Å². The van der Waals surface area contributed by atoms with Gasteiger partial charge in [-0.2, -0.15) is 0 Å². The predicted molar refractivity (Wildman–Crippen MR) is 114 cm³/mol. The van der Waals surface area contributed by atoms with Crippen molar-refractivity contribution in [3.05, 3.63) is 47.9 Å². The first-order chi connectivity index (χ1) is 13.7. The number of likely N-dealkylation sites (tertiary alicyclic amines) is 1. The fourth-order valence-corrected chi connectivity index (χ4v) is 5.57. The van der Waals surface area contributed by atoms with Gasteiger partial charge < -0.3 is 15.1 Å². The van der Waals surface area contributed by atoms with E-state index < -0.39 is 0 Å². The van der Waals surface area contributed by atoms with Gasteiger partial charge in [0.05, 0.1) is 11.9 Å². The molecule has 1 N–H and O–H groups in total. The van der Waals surface area contributed by atoms with Gasteiger partial charge in [0, 0.05) is 43.0 Å². The Balaban J connectivity index is 1.21. The van der Waals surface area contributed by atoms with Crippen molar-refractivity contribution >= 4 is 11.5 Å². The minimum absolute atomic E-state index is 0.399. The number of para-hydroxylation sites is 1. The zero-order valence-electron chi connectivity index (χ0n) is 16.9. The summed E-state index contributed by atoms with van der Waals surface area (Å²) in [6.07, 6.45) is 10.1. The Morgan fingerprint density at radius 2 is 1.79 bits per heavy atom. The van der Waals surface area contributed by atoms with Crippen molar-refractivity contribution in [2.45, 2.75) is 50.5 Å². The van der Waals surface area contributed by atoms with Crippen LogP contribution in [-0.2, 0) is 5.41 Å². The molecule has 2 saturated heterocycles. The number of fused-ring (bicyclic) bond motifs is 2. The fourth-order valence-electron chi connectivity index (χ4n) is 5.57. The zero-order chi connectivity index (χ0) is 19.0. The summed E-state index contributed by atoms with van der Waals surface area (Å²) < 4.78 is 0. The smallest absolute Gasteiger partial charge is 0.147 e. The molecule has 2 fully saturated rings. The first-order valence-corrected chi connectivity index (χ1v) is 10.8. The van der Waals surface area contributed by atoms with Crippen LogP contribution in [0.15, 0.2) is 36.7 Å². The second-order valence-corrected chi connectivity index (χ2v) is 8.78. The first-order valence-electron chi connectivity index (χ1n) is 10.8. The molecule has 5 nitrogen and oxygen atoms in total. The van der Waals surface area contributed by atoms with E-state index in [4.69, 9.17) is 0 Å². The van der Waals surface area contributed by atoms with E-state index in [2.05, 4.69) is 49.4 Å². The van der Waals surface area contributed by atoms with Crippen molar-refractivity contribution in [3.63, 3.8) is 0 Å². The van der Waals surface area contributed by atoms with Gasteiger partial charge in [-0.25, -0.2) is 4.98 Å². The van der Waals surface area contributed by atoms with Crippen LogP contribution in [0.4, 0.5) is 11.5 Å². The van der Waals surface area contributed by atoms with Gasteiger partial charge in [-0.3, -0.25) is 4.98 Å². The van der Waals surface area contributed by atoms with Gasteiger partial charge >= 0.3 is 0 Å². The minimum atomic E-state index is 0.399. The molecule has 0 radical (unpaired) electrons. The average molecular weight is 378 g/mol. The average Bonchev–Trinajstić information content (AvgIpc) is 2.75. The summed E-state index contributed by atoms with van der Waals surface area (Å²) in [6.45, 7) is 7.81. The molecule has 0 bridgehead atoms. The second kappa shape index (κ2) is 7.36. The third kappa shape index (κ3) is 3.26. The molecule has 3 aliphatic rings. The van der Waals surface area contributed by atoms with Crippen LogP contribution in [0.5, 0.6) is 0 Å². The monoisotopic (exact) mass is 377 g/mol. The van der Waals surface area contributed by atoms with E-state index >= 15 is 0 Å². The van der Waals surface area contributed by atoms with Gasteiger partial charge in [0.15, 0.2) is 0 Å². The molecule has 148 valence electrons. The Morgan fingerprint density at radius 1 is 1.00 bits per heavy atom. The summed E-state index contributed by atoms with van der Waals surface area (Å²) in [6, 6.07) is 9.71. The lowest BCUT2D eigenvalue weighted by Crippen LogP contribution is -2.51. The molecule has 5 heteroatoms. The molecular formula is C23H31N5. The lowest BCUT2D eigenvalue weighted by molar-refractivity contribution is 0.0959. The molecular weight excluding hydrogens is 346 g/mol. The number of hydrogen-bond acceptors (Lipinski definition) is 5. The van der Waals surface area contributed by atoms with E-state index in [9.17, 15) is 0 Å². The van der Waals surface area contributed by atoms with Crippen LogP contribution in [0.2, 0.25) is 0 Å². The van der Waals surface area contributed by atoms with Gasteiger partial charge in [0.25, 0.3) is 0 Å². The first kappa shape index (κ1) is 17.9. The molecule has 5 rings (SSSR count). The number of aryl methyl sites for hydroxylation is 1. The Morgan fingerprint density at radius 3 is 2.57 bits per heavy atom. The summed E-state index contributed by atoms with van der Waals surface area (Å²) in [4.78, 5) is 14.2. The summed E-state index contributed by atoms with van der Waals surface area (Å²) in [5.74, 6) is 1.04. The molecule has 4 heterocycles. The standard InChI is InChI=1S/C23H31N5/c1-18-16-24-17-22(26-18)28-12-6-19(7-13-28)27-14-9-23(10-15-27)8-11-25-21-5-3-2-4-20(21)23/h2-5,16-17,19,25H,6-15H2,1H3. The van der Waals surface area contributed by atoms with Crippen LogP contribution in [0.1, 0.15) is 43.4 Å². The quantitative estimate of drug-likeness (QED) is 0.866. The molecule has 0 atom stereocenters. The molecule has 0 saturated carbocycles. The topological polar surface area (TPSA) is 44.3 Å². The largest absolute Gasteiger partial charge is 0.385 e. The zero-order valence-corrected chi connectivity index (χ0v) is 16.9. The van der Waals surface area contributed by atoms with Crippen LogP contribution in [0.3, 0.4) is 0 Å². The number of aromatic nitrogens is 2. The molecule has 0 aliphatic carbocycles. The van der Waals surface area contributed by atoms with E-state index in [1.807, 2.05) is 19.3 Å². The van der Waals surface area contributed by atoms with Crippen LogP contribution in [0, 0.1) is 6.92 Å². The van der Waals surface area contributed by atoms with E-state index in [0.717, 1.165) is 37.2 Å². The van der Waals surface area contributed by atoms with Gasteiger partial charge in [0.2, 0.25) is 0 Å². The summed E-state index contributed by atoms with van der Waals surface area (Å²) in [5, 5.41) is 3.60. The number of piperidine rings is 2. The Labute approximate surface area is 168 Å². The Hall–Kier alpha value is -2.14. The summed E-state index contributed by atoms with van der Waals surface area (Å²) in [5.41, 5.74) is 4.34. The third-order valence-corrected chi connectivity index (χ3v) is 7.22. The van der Waals surface area contributed by atoms with Crippen LogP contribution in [-0.4, -0.2) is 53.6 Å². The lowest BCUT2D eigenvalue weighted by Gasteiger charge is -2.48. The fraction of sp³-hybridized carbons (Fsp3) is 0.565. The normalized spacial score (nSPS) is 22.7. The summed E-state index contributed by atoms with van der Waals surface area (Å²) >= 11 is 0. The Bertz CT molecular complexity index is 819. The van der Waals surface area contributed by atoms with E-state index in [1.165, 1.54) is 50.9 Å². The molecule has 1 aromatic carbocycles. The maximum atomic E-state index is 4.66. The van der Waals surface area contributed by atoms with Crippen molar-refractivity contribution in [1.29, 1.82) is 0 Å². The number of nitrogens with zero attached hydrogens (tertiary/aromatic N) is 4. The minimum Gasteiger partial charge on any atom is -0.385 e. The maximum Gasteiger partial charge on any atom is 0.147 e.